The summed E-state index contributed by atoms with van der Waals surface area (Å²) < 4.78 is 17.8. The van der Waals surface area contributed by atoms with Crippen LogP contribution in [0.4, 0.5) is 10.1 Å². The van der Waals surface area contributed by atoms with Gasteiger partial charge in [-0.25, -0.2) is 14.4 Å². The Morgan fingerprint density at radius 3 is 2.62 bits per heavy atom. The molecule has 5 aromatic rings. The predicted molar refractivity (Wildman–Crippen MR) is 128 cm³/mol. The molecular weight excluding hydrogens is 435 g/mol. The molecule has 170 valence electrons. The van der Waals surface area contributed by atoms with Crippen molar-refractivity contribution in [1.29, 1.82) is 0 Å². The first-order valence-electron chi connectivity index (χ1n) is 10.6. The molecule has 0 saturated heterocycles. The molecule has 0 fully saturated rings. The maximum Gasteiger partial charge on any atom is 0.282 e. The highest BCUT2D eigenvalue weighted by Crippen LogP contribution is 2.29. The fourth-order valence-corrected chi connectivity index (χ4v) is 4.07. The third kappa shape index (κ3) is 3.24. The molecule has 3 aromatic heterocycles. The Labute approximate surface area is 193 Å². The lowest BCUT2D eigenvalue weighted by Gasteiger charge is -2.20. The Hall–Kier alpha value is -4.40. The number of carbonyl (C=O) groups excluding carboxylic acids is 1. The molecule has 5 rings (SSSR count). The molecular formula is C25H21FN6O2. The van der Waals surface area contributed by atoms with Crippen LogP contribution in [0.15, 0.2) is 60.0 Å². The second-order valence-corrected chi connectivity index (χ2v) is 9.08. The summed E-state index contributed by atoms with van der Waals surface area (Å²) in [5.41, 5.74) is 7.69. The van der Waals surface area contributed by atoms with Gasteiger partial charge in [-0.1, -0.05) is 26.8 Å². The quantitative estimate of drug-likeness (QED) is 0.412. The van der Waals surface area contributed by atoms with Gasteiger partial charge in [0.2, 0.25) is 0 Å². The van der Waals surface area contributed by atoms with Crippen LogP contribution in [0.5, 0.6) is 0 Å². The summed E-state index contributed by atoms with van der Waals surface area (Å²) in [5, 5.41) is 5.21. The zero-order valence-electron chi connectivity index (χ0n) is 18.8. The Morgan fingerprint density at radius 1 is 1.12 bits per heavy atom. The number of benzene rings is 2. The van der Waals surface area contributed by atoms with Crippen molar-refractivity contribution >= 4 is 33.8 Å². The zero-order valence-corrected chi connectivity index (χ0v) is 18.8. The number of aldehydes is 1. The first kappa shape index (κ1) is 21.4. The Kier molecular flexibility index (Phi) is 4.78. The van der Waals surface area contributed by atoms with Crippen LogP contribution in [-0.4, -0.2) is 30.6 Å². The number of hydrogen-bond donors (Lipinski definition) is 1. The van der Waals surface area contributed by atoms with Gasteiger partial charge in [-0.15, -0.1) is 0 Å². The molecule has 0 amide bonds. The largest absolute Gasteiger partial charge is 0.397 e. The minimum atomic E-state index is -0.657. The molecule has 0 saturated carbocycles. The van der Waals surface area contributed by atoms with Crippen LogP contribution >= 0.6 is 0 Å². The number of hydrogen-bond acceptors (Lipinski definition) is 6. The monoisotopic (exact) mass is 456 g/mol. The summed E-state index contributed by atoms with van der Waals surface area (Å²) in [7, 11) is 0. The Balaban J connectivity index is 1.76. The minimum Gasteiger partial charge on any atom is -0.397 e. The number of rotatable bonds is 3. The Bertz CT molecular complexity index is 1660. The summed E-state index contributed by atoms with van der Waals surface area (Å²) in [6.07, 6.45) is 6.67. The molecule has 34 heavy (non-hydrogen) atoms. The van der Waals surface area contributed by atoms with Crippen LogP contribution in [0, 0.1) is 5.82 Å². The van der Waals surface area contributed by atoms with Crippen LogP contribution in [0.25, 0.3) is 33.2 Å². The maximum atomic E-state index is 15.1. The number of fused-ring (bicyclic) bond motifs is 2. The standard InChI is InChI=1S/C25H21FN6O2/c1-25(2,3)15-7-14-9-30-32(24(34)22(14)18(26)8-15)21-6-4-5-20(17(21)12-33)31-11-19(27)16-10-28-13-29-23(16)31/h4-13H,27H2,1-3H3. The first-order chi connectivity index (χ1) is 16.2. The van der Waals surface area contributed by atoms with Crippen molar-refractivity contribution in [2.75, 3.05) is 5.73 Å². The van der Waals surface area contributed by atoms with Crippen LogP contribution < -0.4 is 11.3 Å². The van der Waals surface area contributed by atoms with Crippen molar-refractivity contribution < 1.29 is 9.18 Å². The van der Waals surface area contributed by atoms with Crippen LogP contribution in [0.1, 0.15) is 36.7 Å². The van der Waals surface area contributed by atoms with E-state index in [1.54, 1.807) is 41.2 Å². The smallest absolute Gasteiger partial charge is 0.282 e. The van der Waals surface area contributed by atoms with E-state index in [4.69, 9.17) is 5.73 Å². The second-order valence-electron chi connectivity index (χ2n) is 9.08. The molecule has 3 heterocycles. The van der Waals surface area contributed by atoms with E-state index in [0.29, 0.717) is 34.1 Å². The van der Waals surface area contributed by atoms with Gasteiger partial charge in [0.25, 0.3) is 5.56 Å². The summed E-state index contributed by atoms with van der Waals surface area (Å²) in [6.45, 7) is 5.90. The molecule has 0 radical (unpaired) electrons. The summed E-state index contributed by atoms with van der Waals surface area (Å²) in [6, 6.07) is 8.11. The number of nitrogen functional groups attached to an aromatic ring is 1. The lowest BCUT2D eigenvalue weighted by molar-refractivity contribution is 0.112. The maximum absolute atomic E-state index is 15.1. The van der Waals surface area contributed by atoms with Crippen molar-refractivity contribution in [3.63, 3.8) is 0 Å². The van der Waals surface area contributed by atoms with Crippen molar-refractivity contribution in [3.05, 3.63) is 82.5 Å². The molecule has 2 N–H and O–H groups in total. The van der Waals surface area contributed by atoms with Crippen LogP contribution in [0.3, 0.4) is 0 Å². The van der Waals surface area contributed by atoms with Gasteiger partial charge in [0, 0.05) is 17.8 Å². The molecule has 0 unspecified atom stereocenters. The van der Waals surface area contributed by atoms with Gasteiger partial charge in [-0.3, -0.25) is 14.2 Å². The number of nitrogens with two attached hydrogens (primary N) is 1. The zero-order chi connectivity index (χ0) is 24.2. The van der Waals surface area contributed by atoms with Crippen LogP contribution in [-0.2, 0) is 5.41 Å². The average molecular weight is 456 g/mol. The molecule has 0 aliphatic rings. The second kappa shape index (κ2) is 7.58. The summed E-state index contributed by atoms with van der Waals surface area (Å²) in [5.74, 6) is -0.631. The van der Waals surface area contributed by atoms with Gasteiger partial charge in [0.05, 0.1) is 39.6 Å². The fraction of sp³-hybridized carbons (Fsp3) is 0.160. The van der Waals surface area contributed by atoms with Gasteiger partial charge in [0.15, 0.2) is 6.29 Å². The van der Waals surface area contributed by atoms with Crippen LogP contribution in [0.2, 0.25) is 0 Å². The first-order valence-corrected chi connectivity index (χ1v) is 10.6. The molecule has 0 aliphatic carbocycles. The predicted octanol–water partition coefficient (Wildman–Crippen LogP) is 3.95. The van der Waals surface area contributed by atoms with Gasteiger partial charge in [-0.2, -0.15) is 9.78 Å². The normalized spacial score (nSPS) is 11.9. The molecule has 9 heteroatoms. The van der Waals surface area contributed by atoms with Crippen molar-refractivity contribution in [1.82, 2.24) is 24.3 Å². The van der Waals surface area contributed by atoms with Crippen molar-refractivity contribution in [2.45, 2.75) is 26.2 Å². The fourth-order valence-electron chi connectivity index (χ4n) is 4.07. The Morgan fingerprint density at radius 2 is 1.88 bits per heavy atom. The minimum absolute atomic E-state index is 0.0892. The highest BCUT2D eigenvalue weighted by Gasteiger charge is 2.21. The van der Waals surface area contributed by atoms with E-state index in [1.165, 1.54) is 18.6 Å². The number of halogens is 1. The number of nitrogens with zero attached hydrogens (tertiary/aromatic N) is 5. The van der Waals surface area contributed by atoms with Gasteiger partial charge >= 0.3 is 0 Å². The molecule has 0 bridgehead atoms. The van der Waals surface area contributed by atoms with Crippen molar-refractivity contribution in [3.8, 4) is 11.4 Å². The molecule has 0 spiro atoms. The van der Waals surface area contributed by atoms with E-state index in [9.17, 15) is 9.59 Å². The van der Waals surface area contributed by atoms with E-state index >= 15 is 4.39 Å². The highest BCUT2D eigenvalue weighted by molar-refractivity contribution is 5.93. The molecule has 8 nitrogen and oxygen atoms in total. The summed E-state index contributed by atoms with van der Waals surface area (Å²) >= 11 is 0. The lowest BCUT2D eigenvalue weighted by Crippen LogP contribution is -2.24. The third-order valence-corrected chi connectivity index (χ3v) is 5.87. The SMILES string of the molecule is CC(C)(C)c1cc(F)c2c(=O)n(-c3cccc(-n4cc(N)c5cncnc54)c3C=O)ncc2c1. The molecule has 0 atom stereocenters. The average Bonchev–Trinajstić information content (AvgIpc) is 3.14. The topological polar surface area (TPSA) is 109 Å². The molecule has 2 aromatic carbocycles. The van der Waals surface area contributed by atoms with E-state index in [-0.39, 0.29) is 22.1 Å². The van der Waals surface area contributed by atoms with E-state index in [1.807, 2.05) is 20.8 Å². The number of carbonyl (C=O) groups is 1. The van der Waals surface area contributed by atoms with E-state index < -0.39 is 11.4 Å². The van der Waals surface area contributed by atoms with Crippen molar-refractivity contribution in [2.24, 2.45) is 0 Å². The van der Waals surface area contributed by atoms with Gasteiger partial charge in [0.1, 0.15) is 17.8 Å². The van der Waals surface area contributed by atoms with E-state index in [2.05, 4.69) is 15.1 Å². The number of anilines is 1. The van der Waals surface area contributed by atoms with E-state index in [0.717, 1.165) is 10.2 Å². The third-order valence-electron chi connectivity index (χ3n) is 5.87. The lowest BCUT2D eigenvalue weighted by atomic mass is 9.86. The number of aromatic nitrogens is 5. The van der Waals surface area contributed by atoms with Gasteiger partial charge in [-0.05, 0) is 35.2 Å². The molecule has 0 aliphatic heterocycles. The highest BCUT2D eigenvalue weighted by atomic mass is 19.1. The summed E-state index contributed by atoms with van der Waals surface area (Å²) in [4.78, 5) is 33.9. The van der Waals surface area contributed by atoms with Gasteiger partial charge < -0.3 is 5.73 Å².